The molecular weight excluding hydrogens is 392 g/mol. The Bertz CT molecular complexity index is 1020. The lowest BCUT2D eigenvalue weighted by Gasteiger charge is -2.07. The average molecular weight is 407 g/mol. The third-order valence-electron chi connectivity index (χ3n) is 3.82. The van der Waals surface area contributed by atoms with E-state index in [0.717, 1.165) is 26.9 Å². The average Bonchev–Trinajstić information content (AvgIpc) is 3.18. The highest BCUT2D eigenvalue weighted by Crippen LogP contribution is 2.25. The summed E-state index contributed by atoms with van der Waals surface area (Å²) < 4.78 is 12.7. The highest BCUT2D eigenvalue weighted by atomic mass is 79.9. The molecule has 4 nitrogen and oxygen atoms in total. The third kappa shape index (κ3) is 3.83. The Morgan fingerprint density at radius 1 is 0.769 bits per heavy atom. The van der Waals surface area contributed by atoms with Gasteiger partial charge in [0.25, 0.3) is 0 Å². The van der Waals surface area contributed by atoms with Gasteiger partial charge in [-0.15, -0.1) is 10.2 Å². The standard InChI is InChI=1S/C21H15BrN2O2/c22-18-10-5-11-19(13-18)25-14-15-6-4-9-17(12-15)21-24-23-20(26-21)16-7-2-1-3-8-16/h1-13H,14H2. The van der Waals surface area contributed by atoms with Gasteiger partial charge in [-0.25, -0.2) is 0 Å². The normalized spacial score (nSPS) is 10.7. The van der Waals surface area contributed by atoms with E-state index in [1.165, 1.54) is 0 Å². The number of hydrogen-bond donors (Lipinski definition) is 0. The quantitative estimate of drug-likeness (QED) is 0.423. The van der Waals surface area contributed by atoms with Gasteiger partial charge in [-0.1, -0.05) is 52.3 Å². The summed E-state index contributed by atoms with van der Waals surface area (Å²) in [5.41, 5.74) is 2.80. The maximum atomic E-state index is 5.84. The van der Waals surface area contributed by atoms with Gasteiger partial charge < -0.3 is 9.15 Å². The van der Waals surface area contributed by atoms with Gasteiger partial charge in [0.15, 0.2) is 0 Å². The second-order valence-corrected chi connectivity index (χ2v) is 6.64. The molecule has 3 aromatic carbocycles. The van der Waals surface area contributed by atoms with Crippen LogP contribution in [0.1, 0.15) is 5.56 Å². The molecule has 128 valence electrons. The van der Waals surface area contributed by atoms with Crippen molar-refractivity contribution < 1.29 is 9.15 Å². The summed E-state index contributed by atoms with van der Waals surface area (Å²) >= 11 is 3.44. The van der Waals surface area contributed by atoms with Crippen LogP contribution in [0.2, 0.25) is 0 Å². The molecule has 0 N–H and O–H groups in total. The summed E-state index contributed by atoms with van der Waals surface area (Å²) in [5, 5.41) is 8.31. The molecule has 4 aromatic rings. The first-order valence-corrected chi connectivity index (χ1v) is 8.94. The molecule has 0 aliphatic carbocycles. The van der Waals surface area contributed by atoms with Crippen molar-refractivity contribution in [1.29, 1.82) is 0 Å². The molecule has 1 heterocycles. The molecule has 26 heavy (non-hydrogen) atoms. The number of hydrogen-bond acceptors (Lipinski definition) is 4. The second-order valence-electron chi connectivity index (χ2n) is 5.72. The second kappa shape index (κ2) is 7.54. The summed E-state index contributed by atoms with van der Waals surface area (Å²) in [5.74, 6) is 1.82. The summed E-state index contributed by atoms with van der Waals surface area (Å²) in [4.78, 5) is 0. The maximum absolute atomic E-state index is 5.84. The van der Waals surface area contributed by atoms with Crippen molar-refractivity contribution in [1.82, 2.24) is 10.2 Å². The first-order chi connectivity index (χ1) is 12.8. The zero-order valence-electron chi connectivity index (χ0n) is 13.8. The van der Waals surface area contributed by atoms with Crippen LogP contribution in [0, 0.1) is 0 Å². The van der Waals surface area contributed by atoms with Crippen LogP contribution in [0.3, 0.4) is 0 Å². The Labute approximate surface area is 159 Å². The number of ether oxygens (including phenoxy) is 1. The van der Waals surface area contributed by atoms with Crippen LogP contribution in [0.25, 0.3) is 22.9 Å². The molecule has 1 aromatic heterocycles. The Kier molecular flexibility index (Phi) is 4.80. The first-order valence-electron chi connectivity index (χ1n) is 8.14. The van der Waals surface area contributed by atoms with Gasteiger partial charge in [-0.05, 0) is 48.0 Å². The van der Waals surface area contributed by atoms with E-state index >= 15 is 0 Å². The summed E-state index contributed by atoms with van der Waals surface area (Å²) in [6.07, 6.45) is 0. The minimum absolute atomic E-state index is 0.462. The number of aromatic nitrogens is 2. The van der Waals surface area contributed by atoms with Crippen LogP contribution in [-0.2, 0) is 6.61 Å². The van der Waals surface area contributed by atoms with E-state index in [-0.39, 0.29) is 0 Å². The van der Waals surface area contributed by atoms with Crippen molar-refractivity contribution in [3.63, 3.8) is 0 Å². The highest BCUT2D eigenvalue weighted by molar-refractivity contribution is 9.10. The minimum Gasteiger partial charge on any atom is -0.489 e. The Morgan fingerprint density at radius 2 is 1.50 bits per heavy atom. The predicted octanol–water partition coefficient (Wildman–Crippen LogP) is 5.75. The number of benzene rings is 3. The lowest BCUT2D eigenvalue weighted by atomic mass is 10.1. The molecule has 0 radical (unpaired) electrons. The highest BCUT2D eigenvalue weighted by Gasteiger charge is 2.10. The Balaban J connectivity index is 1.52. The summed E-state index contributed by atoms with van der Waals surface area (Å²) in [6, 6.07) is 25.4. The van der Waals surface area contributed by atoms with Crippen LogP contribution < -0.4 is 4.74 Å². The smallest absolute Gasteiger partial charge is 0.248 e. The van der Waals surface area contributed by atoms with Crippen LogP contribution in [0.15, 0.2) is 87.8 Å². The Hall–Kier alpha value is -2.92. The molecule has 5 heteroatoms. The molecular formula is C21H15BrN2O2. The van der Waals surface area contributed by atoms with Crippen molar-refractivity contribution in [2.45, 2.75) is 6.61 Å². The molecule has 0 bridgehead atoms. The largest absolute Gasteiger partial charge is 0.489 e. The van der Waals surface area contributed by atoms with E-state index < -0.39 is 0 Å². The van der Waals surface area contributed by atoms with Crippen LogP contribution in [0.4, 0.5) is 0 Å². The van der Waals surface area contributed by atoms with Crippen molar-refractivity contribution in [3.8, 4) is 28.7 Å². The monoisotopic (exact) mass is 406 g/mol. The van der Waals surface area contributed by atoms with Gasteiger partial charge in [0.05, 0.1) is 0 Å². The van der Waals surface area contributed by atoms with Gasteiger partial charge in [0, 0.05) is 15.6 Å². The Morgan fingerprint density at radius 3 is 2.31 bits per heavy atom. The molecule has 0 atom stereocenters. The van der Waals surface area contributed by atoms with Gasteiger partial charge in [-0.2, -0.15) is 0 Å². The zero-order chi connectivity index (χ0) is 17.8. The van der Waals surface area contributed by atoms with Crippen molar-refractivity contribution in [2.75, 3.05) is 0 Å². The molecule has 0 saturated carbocycles. The molecule has 0 fully saturated rings. The molecule has 0 spiro atoms. The van der Waals surface area contributed by atoms with E-state index in [1.54, 1.807) is 0 Å². The van der Waals surface area contributed by atoms with Crippen LogP contribution >= 0.6 is 15.9 Å². The lowest BCUT2D eigenvalue weighted by Crippen LogP contribution is -1.95. The van der Waals surface area contributed by atoms with Crippen molar-refractivity contribution >= 4 is 15.9 Å². The van der Waals surface area contributed by atoms with Gasteiger partial charge >= 0.3 is 0 Å². The van der Waals surface area contributed by atoms with E-state index in [2.05, 4.69) is 26.1 Å². The predicted molar refractivity (Wildman–Crippen MR) is 104 cm³/mol. The lowest BCUT2D eigenvalue weighted by molar-refractivity contribution is 0.306. The molecule has 0 saturated heterocycles. The maximum Gasteiger partial charge on any atom is 0.248 e. The zero-order valence-corrected chi connectivity index (χ0v) is 15.4. The SMILES string of the molecule is Brc1cccc(OCc2cccc(-c3nnc(-c4ccccc4)o3)c2)c1. The summed E-state index contributed by atoms with van der Waals surface area (Å²) in [7, 11) is 0. The topological polar surface area (TPSA) is 48.2 Å². The van der Waals surface area contributed by atoms with Gasteiger partial charge in [-0.3, -0.25) is 0 Å². The van der Waals surface area contributed by atoms with Crippen molar-refractivity contribution in [2.24, 2.45) is 0 Å². The van der Waals surface area contributed by atoms with E-state index in [0.29, 0.717) is 18.4 Å². The molecule has 0 aliphatic rings. The van der Waals surface area contributed by atoms with E-state index in [1.807, 2.05) is 78.9 Å². The van der Waals surface area contributed by atoms with E-state index in [4.69, 9.17) is 9.15 Å². The number of nitrogens with zero attached hydrogens (tertiary/aromatic N) is 2. The third-order valence-corrected chi connectivity index (χ3v) is 4.31. The van der Waals surface area contributed by atoms with Crippen LogP contribution in [-0.4, -0.2) is 10.2 Å². The van der Waals surface area contributed by atoms with E-state index in [9.17, 15) is 0 Å². The molecule has 4 rings (SSSR count). The van der Waals surface area contributed by atoms with Gasteiger partial charge in [0.2, 0.25) is 11.8 Å². The molecule has 0 aliphatic heterocycles. The molecule has 0 unspecified atom stereocenters. The number of halogens is 1. The fourth-order valence-corrected chi connectivity index (χ4v) is 2.93. The fraction of sp³-hybridized carbons (Fsp3) is 0.0476. The summed E-state index contributed by atoms with van der Waals surface area (Å²) in [6.45, 7) is 0.462. The fourth-order valence-electron chi connectivity index (χ4n) is 2.55. The van der Waals surface area contributed by atoms with Crippen LogP contribution in [0.5, 0.6) is 5.75 Å². The van der Waals surface area contributed by atoms with Gasteiger partial charge in [0.1, 0.15) is 12.4 Å². The first kappa shape index (κ1) is 16.5. The minimum atomic E-state index is 0.462. The van der Waals surface area contributed by atoms with Crippen molar-refractivity contribution in [3.05, 3.63) is 88.9 Å². The number of rotatable bonds is 5. The molecule has 0 amide bonds.